The van der Waals surface area contributed by atoms with Gasteiger partial charge in [0, 0.05) is 7.11 Å². The van der Waals surface area contributed by atoms with Crippen LogP contribution in [0.25, 0.3) is 0 Å². The fraction of sp³-hybridized carbons (Fsp3) is 0.444. The van der Waals surface area contributed by atoms with Gasteiger partial charge in [0.1, 0.15) is 6.61 Å². The first-order valence-corrected chi connectivity index (χ1v) is 3.56. The topological polar surface area (TPSA) is 55.8 Å². The number of rotatable bonds is 5. The quantitative estimate of drug-likeness (QED) is 0.525. The molecule has 0 unspecified atom stereocenters. The predicted octanol–water partition coefficient (Wildman–Crippen LogP) is 1.34. The Morgan fingerprint density at radius 1 is 1.23 bits per heavy atom. The van der Waals surface area contributed by atoms with Crippen LogP contribution in [-0.2, 0) is 14.3 Å². The van der Waals surface area contributed by atoms with Gasteiger partial charge in [-0.2, -0.15) is 0 Å². The van der Waals surface area contributed by atoms with Crippen LogP contribution in [0.1, 0.15) is 0 Å². The number of hydrogen-bond donors (Lipinski definition) is 1. The fourth-order valence-corrected chi connectivity index (χ4v) is 0.302. The molecule has 0 aliphatic carbocycles. The van der Waals surface area contributed by atoms with Crippen molar-refractivity contribution in [3.63, 3.8) is 0 Å². The third-order valence-electron chi connectivity index (χ3n) is 0.657. The van der Waals surface area contributed by atoms with E-state index in [0.29, 0.717) is 13.2 Å². The third-order valence-corrected chi connectivity index (χ3v) is 0.657. The van der Waals surface area contributed by atoms with Crippen LogP contribution in [0.4, 0.5) is 0 Å². The van der Waals surface area contributed by atoms with E-state index in [1.807, 2.05) is 0 Å². The molecule has 4 nitrogen and oxygen atoms in total. The van der Waals surface area contributed by atoms with Crippen molar-refractivity contribution in [3.8, 4) is 0 Å². The van der Waals surface area contributed by atoms with Gasteiger partial charge >= 0.3 is 5.97 Å². The van der Waals surface area contributed by atoms with Gasteiger partial charge < -0.3 is 14.6 Å². The maximum atomic E-state index is 9.80. The van der Waals surface area contributed by atoms with Gasteiger partial charge in [-0.3, -0.25) is 0 Å². The molecule has 1 N–H and O–H groups in total. The van der Waals surface area contributed by atoms with Crippen LogP contribution in [0.2, 0.25) is 0 Å². The molecule has 0 aliphatic heterocycles. The predicted molar refractivity (Wildman–Crippen MR) is 52.8 cm³/mol. The molecular formula is C9H18O4. The Morgan fingerprint density at radius 2 is 1.69 bits per heavy atom. The highest BCUT2D eigenvalue weighted by Crippen LogP contribution is 1.74. The lowest BCUT2D eigenvalue weighted by Crippen LogP contribution is -2.10. The lowest BCUT2D eigenvalue weighted by Gasteiger charge is -1.97. The SMILES string of the molecule is C=C.C=C.COCCOCC(=O)O. The molecule has 4 heteroatoms. The molecule has 0 atom stereocenters. The van der Waals surface area contributed by atoms with Gasteiger partial charge in [-0.25, -0.2) is 4.79 Å². The van der Waals surface area contributed by atoms with Gasteiger partial charge in [0.2, 0.25) is 0 Å². The summed E-state index contributed by atoms with van der Waals surface area (Å²) < 4.78 is 9.22. The van der Waals surface area contributed by atoms with Crippen molar-refractivity contribution in [3.05, 3.63) is 26.3 Å². The fourth-order valence-electron chi connectivity index (χ4n) is 0.302. The largest absolute Gasteiger partial charge is 0.480 e. The van der Waals surface area contributed by atoms with E-state index in [4.69, 9.17) is 5.11 Å². The number of carbonyl (C=O) groups is 1. The monoisotopic (exact) mass is 190 g/mol. The van der Waals surface area contributed by atoms with Crippen LogP contribution in [-0.4, -0.2) is 38.0 Å². The van der Waals surface area contributed by atoms with Crippen molar-refractivity contribution in [2.45, 2.75) is 0 Å². The zero-order valence-electron chi connectivity index (χ0n) is 8.12. The van der Waals surface area contributed by atoms with Gasteiger partial charge in [0.05, 0.1) is 13.2 Å². The number of aliphatic carboxylic acids is 1. The summed E-state index contributed by atoms with van der Waals surface area (Å²) in [5.41, 5.74) is 0. The normalized spacial score (nSPS) is 7.15. The van der Waals surface area contributed by atoms with Gasteiger partial charge in [-0.15, -0.1) is 26.3 Å². The molecule has 0 bridgehead atoms. The van der Waals surface area contributed by atoms with E-state index < -0.39 is 5.97 Å². The molecule has 0 fully saturated rings. The van der Waals surface area contributed by atoms with E-state index in [1.165, 1.54) is 7.11 Å². The summed E-state index contributed by atoms with van der Waals surface area (Å²) in [5.74, 6) is -0.953. The molecule has 0 saturated heterocycles. The molecule has 0 aromatic carbocycles. The second-order valence-electron chi connectivity index (χ2n) is 1.44. The molecule has 0 spiro atoms. The maximum Gasteiger partial charge on any atom is 0.329 e. The number of hydrogen-bond acceptors (Lipinski definition) is 3. The third kappa shape index (κ3) is 36.1. The van der Waals surface area contributed by atoms with Gasteiger partial charge in [-0.1, -0.05) is 0 Å². The molecule has 0 saturated carbocycles. The summed E-state index contributed by atoms with van der Waals surface area (Å²) in [6, 6.07) is 0. The molecule has 0 rings (SSSR count). The molecular weight excluding hydrogens is 172 g/mol. The van der Waals surface area contributed by atoms with E-state index in [1.54, 1.807) is 0 Å². The second kappa shape index (κ2) is 22.4. The molecule has 78 valence electrons. The Kier molecular flexibility index (Phi) is 30.8. The number of carboxylic acids is 1. The summed E-state index contributed by atoms with van der Waals surface area (Å²) in [6.45, 7) is 12.5. The molecule has 0 aliphatic rings. The smallest absolute Gasteiger partial charge is 0.329 e. The van der Waals surface area contributed by atoms with Crippen LogP contribution in [0.5, 0.6) is 0 Å². The van der Waals surface area contributed by atoms with E-state index in [-0.39, 0.29) is 6.61 Å². The molecule has 0 amide bonds. The van der Waals surface area contributed by atoms with E-state index in [9.17, 15) is 4.79 Å². The number of ether oxygens (including phenoxy) is 2. The number of methoxy groups -OCH3 is 1. The lowest BCUT2D eigenvalue weighted by molar-refractivity contribution is -0.142. The summed E-state index contributed by atoms with van der Waals surface area (Å²) in [6.07, 6.45) is 0. The Bertz CT molecular complexity index is 102. The lowest BCUT2D eigenvalue weighted by atomic mass is 10.7. The van der Waals surface area contributed by atoms with Crippen LogP contribution >= 0.6 is 0 Å². The zero-order chi connectivity index (χ0) is 11.1. The first-order chi connectivity index (χ1) is 6.27. The first-order valence-electron chi connectivity index (χ1n) is 3.56. The average Bonchev–Trinajstić information content (AvgIpc) is 2.19. The minimum Gasteiger partial charge on any atom is -0.480 e. The highest BCUT2D eigenvalue weighted by molar-refractivity contribution is 5.67. The molecule has 0 aromatic rings. The Hall–Kier alpha value is -1.13. The minimum absolute atomic E-state index is 0.247. The summed E-state index contributed by atoms with van der Waals surface area (Å²) in [4.78, 5) is 9.80. The van der Waals surface area contributed by atoms with Gasteiger partial charge in [0.15, 0.2) is 0 Å². The molecule has 0 heterocycles. The van der Waals surface area contributed by atoms with E-state index in [2.05, 4.69) is 35.8 Å². The summed E-state index contributed by atoms with van der Waals surface area (Å²) in [5, 5.41) is 8.05. The highest BCUT2D eigenvalue weighted by atomic mass is 16.5. The van der Waals surface area contributed by atoms with Gasteiger partial charge in [0.25, 0.3) is 0 Å². The Morgan fingerprint density at radius 3 is 2.00 bits per heavy atom. The van der Waals surface area contributed by atoms with Crippen LogP contribution in [0.15, 0.2) is 26.3 Å². The second-order valence-corrected chi connectivity index (χ2v) is 1.44. The van der Waals surface area contributed by atoms with Crippen molar-refractivity contribution in [1.29, 1.82) is 0 Å². The zero-order valence-corrected chi connectivity index (χ0v) is 8.12. The minimum atomic E-state index is -0.953. The molecule has 0 radical (unpaired) electrons. The van der Waals surface area contributed by atoms with E-state index >= 15 is 0 Å². The van der Waals surface area contributed by atoms with Gasteiger partial charge in [-0.05, 0) is 0 Å². The summed E-state index contributed by atoms with van der Waals surface area (Å²) >= 11 is 0. The van der Waals surface area contributed by atoms with Crippen molar-refractivity contribution in [2.24, 2.45) is 0 Å². The highest BCUT2D eigenvalue weighted by Gasteiger charge is 1.93. The van der Waals surface area contributed by atoms with Crippen LogP contribution in [0, 0.1) is 0 Å². The first kappa shape index (κ1) is 17.8. The number of carboxylic acid groups (broad SMARTS) is 1. The van der Waals surface area contributed by atoms with Crippen LogP contribution in [0.3, 0.4) is 0 Å². The molecule has 0 aromatic heterocycles. The van der Waals surface area contributed by atoms with Crippen molar-refractivity contribution < 1.29 is 19.4 Å². The van der Waals surface area contributed by atoms with E-state index in [0.717, 1.165) is 0 Å². The van der Waals surface area contributed by atoms with Crippen molar-refractivity contribution in [1.82, 2.24) is 0 Å². The average molecular weight is 190 g/mol. The Balaban J connectivity index is -0.000000218. The molecule has 13 heavy (non-hydrogen) atoms. The Labute approximate surface area is 79.5 Å². The van der Waals surface area contributed by atoms with Crippen molar-refractivity contribution in [2.75, 3.05) is 26.9 Å². The van der Waals surface area contributed by atoms with Crippen molar-refractivity contribution >= 4 is 5.97 Å². The summed E-state index contributed by atoms with van der Waals surface area (Å²) in [7, 11) is 1.53. The van der Waals surface area contributed by atoms with Crippen LogP contribution < -0.4 is 0 Å². The standard InChI is InChI=1S/C5H10O4.2C2H4/c1-8-2-3-9-4-5(6)7;2*1-2/h2-4H2,1H3,(H,6,7);2*1-2H2. The maximum absolute atomic E-state index is 9.80.